The Morgan fingerprint density at radius 1 is 0.967 bits per heavy atom. The maximum Gasteiger partial charge on any atom is 0.129 e. The number of hydrogen-bond donors (Lipinski definition) is 1. The molecule has 2 aliphatic rings. The van der Waals surface area contributed by atoms with Crippen molar-refractivity contribution in [2.24, 2.45) is 0 Å². The van der Waals surface area contributed by atoms with E-state index in [4.69, 9.17) is 9.15 Å². The average Bonchev–Trinajstić information content (AvgIpc) is 3.21. The molecule has 0 unspecified atom stereocenters. The van der Waals surface area contributed by atoms with Crippen molar-refractivity contribution < 1.29 is 14.3 Å². The summed E-state index contributed by atoms with van der Waals surface area (Å²) in [6.45, 7) is 8.36. The van der Waals surface area contributed by atoms with Gasteiger partial charge in [0, 0.05) is 59.0 Å². The molecular formula is C24H35N3O3. The van der Waals surface area contributed by atoms with Gasteiger partial charge in [-0.2, -0.15) is 0 Å². The summed E-state index contributed by atoms with van der Waals surface area (Å²) in [6.07, 6.45) is 1.82. The average molecular weight is 414 g/mol. The van der Waals surface area contributed by atoms with Crippen LogP contribution in [0.2, 0.25) is 0 Å². The lowest BCUT2D eigenvalue weighted by atomic mass is 9.99. The Morgan fingerprint density at radius 3 is 2.47 bits per heavy atom. The van der Waals surface area contributed by atoms with Crippen LogP contribution in [-0.2, 0) is 24.3 Å². The second-order valence-electron chi connectivity index (χ2n) is 8.57. The first kappa shape index (κ1) is 21.5. The molecule has 2 aliphatic heterocycles. The molecule has 6 nitrogen and oxygen atoms in total. The van der Waals surface area contributed by atoms with Crippen LogP contribution >= 0.6 is 0 Å². The summed E-state index contributed by atoms with van der Waals surface area (Å²) in [7, 11) is 1.67. The van der Waals surface area contributed by atoms with E-state index in [1.165, 1.54) is 5.56 Å². The van der Waals surface area contributed by atoms with Crippen LogP contribution in [0.3, 0.4) is 0 Å². The van der Waals surface area contributed by atoms with Gasteiger partial charge in [-0.15, -0.1) is 0 Å². The molecule has 4 rings (SSSR count). The highest BCUT2D eigenvalue weighted by Crippen LogP contribution is 2.21. The van der Waals surface area contributed by atoms with Crippen LogP contribution < -0.4 is 0 Å². The lowest BCUT2D eigenvalue weighted by molar-refractivity contribution is -0.0320. The van der Waals surface area contributed by atoms with Crippen LogP contribution in [-0.4, -0.2) is 84.9 Å². The van der Waals surface area contributed by atoms with Crippen LogP contribution in [0, 0.1) is 0 Å². The van der Waals surface area contributed by atoms with E-state index >= 15 is 0 Å². The monoisotopic (exact) mass is 413 g/mol. The highest BCUT2D eigenvalue weighted by atomic mass is 16.5. The van der Waals surface area contributed by atoms with Crippen molar-refractivity contribution in [2.75, 3.05) is 52.9 Å². The molecule has 1 aromatic carbocycles. The normalized spacial score (nSPS) is 24.3. The van der Waals surface area contributed by atoms with Crippen molar-refractivity contribution in [2.45, 2.75) is 38.1 Å². The first-order valence-electron chi connectivity index (χ1n) is 11.2. The van der Waals surface area contributed by atoms with Crippen LogP contribution in [0.4, 0.5) is 0 Å². The molecule has 0 amide bonds. The number of hydrogen-bond acceptors (Lipinski definition) is 6. The minimum atomic E-state index is -0.303. The number of benzene rings is 1. The minimum absolute atomic E-state index is 0.276. The van der Waals surface area contributed by atoms with Gasteiger partial charge in [-0.1, -0.05) is 30.3 Å². The van der Waals surface area contributed by atoms with Gasteiger partial charge in [-0.3, -0.25) is 9.80 Å². The van der Waals surface area contributed by atoms with Gasteiger partial charge in [-0.05, 0) is 30.5 Å². The predicted molar refractivity (Wildman–Crippen MR) is 117 cm³/mol. The summed E-state index contributed by atoms with van der Waals surface area (Å²) in [5, 5.41) is 10.8. The maximum absolute atomic E-state index is 10.8. The molecule has 0 saturated carbocycles. The molecule has 164 valence electrons. The van der Waals surface area contributed by atoms with E-state index in [1.54, 1.807) is 7.11 Å². The molecule has 6 heteroatoms. The molecule has 1 aromatic heterocycles. The van der Waals surface area contributed by atoms with Gasteiger partial charge in [0.05, 0.1) is 12.6 Å². The maximum atomic E-state index is 10.8. The zero-order valence-corrected chi connectivity index (χ0v) is 18.1. The van der Waals surface area contributed by atoms with E-state index < -0.39 is 0 Å². The fraction of sp³-hybridized carbons (Fsp3) is 0.583. The number of β-amino-alcohol motifs (C(OH)–C–C–N with tert-alkyl or cyclic N) is 1. The molecule has 2 saturated heterocycles. The molecule has 2 aromatic rings. The van der Waals surface area contributed by atoms with E-state index in [9.17, 15) is 5.11 Å². The molecule has 0 aliphatic carbocycles. The molecule has 30 heavy (non-hydrogen) atoms. The Bertz CT molecular complexity index is 758. The van der Waals surface area contributed by atoms with E-state index in [1.807, 2.05) is 12.1 Å². The summed E-state index contributed by atoms with van der Waals surface area (Å²) in [4.78, 5) is 7.36. The third-order valence-electron chi connectivity index (χ3n) is 6.45. The van der Waals surface area contributed by atoms with Crippen LogP contribution in [0.5, 0.6) is 0 Å². The Labute approximate surface area is 180 Å². The second-order valence-corrected chi connectivity index (χ2v) is 8.57. The van der Waals surface area contributed by atoms with Crippen molar-refractivity contribution in [3.63, 3.8) is 0 Å². The standard InChI is InChI=1S/C24H35N3O3/c1-29-19-22-8-7-21(30-22)17-26-12-10-23(24(28)18-26)27-15-13-25(14-16-27)11-9-20-5-3-2-4-6-20/h2-8,23-24,28H,9-19H2,1H3/t23-,24-/m0/s1. The van der Waals surface area contributed by atoms with Crippen molar-refractivity contribution in [1.29, 1.82) is 0 Å². The number of furan rings is 1. The number of nitrogens with zero attached hydrogens (tertiary/aromatic N) is 3. The highest BCUT2D eigenvalue weighted by molar-refractivity contribution is 5.15. The van der Waals surface area contributed by atoms with Gasteiger partial charge >= 0.3 is 0 Å². The summed E-state index contributed by atoms with van der Waals surface area (Å²) >= 11 is 0. The Kier molecular flexibility index (Phi) is 7.57. The first-order valence-corrected chi connectivity index (χ1v) is 11.2. The summed E-state index contributed by atoms with van der Waals surface area (Å²) in [5.74, 6) is 1.80. The van der Waals surface area contributed by atoms with Crippen LogP contribution in [0.1, 0.15) is 23.5 Å². The molecule has 1 N–H and O–H groups in total. The summed E-state index contributed by atoms with van der Waals surface area (Å²) in [6, 6.07) is 15.0. The predicted octanol–water partition coefficient (Wildman–Crippen LogP) is 2.22. The Balaban J connectivity index is 1.19. The number of piperidine rings is 1. The molecular weight excluding hydrogens is 378 g/mol. The minimum Gasteiger partial charge on any atom is -0.462 e. The van der Waals surface area contributed by atoms with Gasteiger partial charge in [0.25, 0.3) is 0 Å². The first-order chi connectivity index (χ1) is 14.7. The second kappa shape index (κ2) is 10.6. The quantitative estimate of drug-likeness (QED) is 0.716. The third kappa shape index (κ3) is 5.71. The number of rotatable bonds is 8. The smallest absolute Gasteiger partial charge is 0.129 e. The lowest BCUT2D eigenvalue weighted by Crippen LogP contribution is -2.58. The van der Waals surface area contributed by atoms with E-state index in [0.717, 1.165) is 70.2 Å². The Hall–Kier alpha value is -1.70. The zero-order chi connectivity index (χ0) is 20.8. The van der Waals surface area contributed by atoms with Gasteiger partial charge in [-0.25, -0.2) is 0 Å². The van der Waals surface area contributed by atoms with Gasteiger partial charge in [0.1, 0.15) is 18.1 Å². The number of aliphatic hydroxyl groups is 1. The topological polar surface area (TPSA) is 52.3 Å². The number of aliphatic hydroxyl groups excluding tert-OH is 1. The lowest BCUT2D eigenvalue weighted by Gasteiger charge is -2.45. The number of methoxy groups -OCH3 is 1. The Morgan fingerprint density at radius 2 is 1.73 bits per heavy atom. The van der Waals surface area contributed by atoms with E-state index in [0.29, 0.717) is 13.2 Å². The summed E-state index contributed by atoms with van der Waals surface area (Å²) < 4.78 is 10.9. The van der Waals surface area contributed by atoms with E-state index in [2.05, 4.69) is 45.0 Å². The van der Waals surface area contributed by atoms with Crippen molar-refractivity contribution >= 4 is 0 Å². The van der Waals surface area contributed by atoms with Crippen LogP contribution in [0.15, 0.2) is 46.9 Å². The highest BCUT2D eigenvalue weighted by Gasteiger charge is 2.33. The van der Waals surface area contributed by atoms with Crippen molar-refractivity contribution in [3.8, 4) is 0 Å². The molecule has 2 fully saturated rings. The van der Waals surface area contributed by atoms with Gasteiger partial charge < -0.3 is 19.2 Å². The molecule has 0 bridgehead atoms. The van der Waals surface area contributed by atoms with Gasteiger partial charge in [0.2, 0.25) is 0 Å². The number of likely N-dealkylation sites (tertiary alicyclic amines) is 1. The number of piperazine rings is 1. The van der Waals surface area contributed by atoms with E-state index in [-0.39, 0.29) is 12.1 Å². The largest absolute Gasteiger partial charge is 0.462 e. The fourth-order valence-electron chi connectivity index (χ4n) is 4.75. The molecule has 3 heterocycles. The molecule has 0 spiro atoms. The fourth-order valence-corrected chi connectivity index (χ4v) is 4.75. The van der Waals surface area contributed by atoms with Crippen molar-refractivity contribution in [1.82, 2.24) is 14.7 Å². The van der Waals surface area contributed by atoms with Gasteiger partial charge in [0.15, 0.2) is 0 Å². The number of ether oxygens (including phenoxy) is 1. The third-order valence-corrected chi connectivity index (χ3v) is 6.45. The van der Waals surface area contributed by atoms with Crippen LogP contribution in [0.25, 0.3) is 0 Å². The molecule has 0 radical (unpaired) electrons. The SMILES string of the molecule is COCc1ccc(CN2CC[C@H](N3CCN(CCc4ccccc4)CC3)[C@@H](O)C2)o1. The van der Waals surface area contributed by atoms with Crippen molar-refractivity contribution in [3.05, 3.63) is 59.5 Å². The summed E-state index contributed by atoms with van der Waals surface area (Å²) in [5.41, 5.74) is 1.41. The molecule has 2 atom stereocenters. The zero-order valence-electron chi connectivity index (χ0n) is 18.1.